The van der Waals surface area contributed by atoms with Crippen LogP contribution in [-0.4, -0.2) is 16.3 Å². The fraction of sp³-hybridized carbons (Fsp3) is 0.133. The monoisotopic (exact) mass is 363 g/mol. The third kappa shape index (κ3) is 4.25. The molecule has 1 N–H and O–H groups in total. The van der Waals surface area contributed by atoms with Crippen molar-refractivity contribution in [3.8, 4) is 0 Å². The Kier molecular flexibility index (Phi) is 5.16. The van der Waals surface area contributed by atoms with Gasteiger partial charge in [-0.3, -0.25) is 5.10 Å². The van der Waals surface area contributed by atoms with Crippen molar-refractivity contribution in [3.63, 3.8) is 0 Å². The summed E-state index contributed by atoms with van der Waals surface area (Å²) >= 11 is 7.87. The molecule has 1 aromatic carbocycles. The Labute approximate surface area is 146 Å². The van der Waals surface area contributed by atoms with Crippen LogP contribution in [0.2, 0.25) is 0 Å². The van der Waals surface area contributed by atoms with E-state index in [1.807, 2.05) is 47.8 Å². The summed E-state index contributed by atoms with van der Waals surface area (Å²) in [4.78, 5) is 15.0. The summed E-state index contributed by atoms with van der Waals surface area (Å²) in [6.07, 6.45) is -0.444. The molecule has 2 heterocycles. The van der Waals surface area contributed by atoms with Crippen molar-refractivity contribution in [2.75, 3.05) is 4.90 Å². The zero-order valence-corrected chi connectivity index (χ0v) is 14.4. The highest BCUT2D eigenvalue weighted by Gasteiger charge is 2.21. The first-order valence-corrected chi connectivity index (χ1v) is 8.89. The molecule has 0 spiro atoms. The van der Waals surface area contributed by atoms with Gasteiger partial charge in [-0.2, -0.15) is 0 Å². The van der Waals surface area contributed by atoms with Crippen molar-refractivity contribution in [2.24, 2.45) is 0 Å². The van der Waals surface area contributed by atoms with Gasteiger partial charge in [0, 0.05) is 4.88 Å². The lowest BCUT2D eigenvalue weighted by Crippen LogP contribution is -2.30. The molecule has 0 atom stereocenters. The quantitative estimate of drug-likeness (QED) is 0.673. The van der Waals surface area contributed by atoms with E-state index >= 15 is 0 Å². The van der Waals surface area contributed by atoms with Gasteiger partial charge in [-0.25, -0.2) is 9.69 Å². The van der Waals surface area contributed by atoms with E-state index in [2.05, 4.69) is 10.2 Å². The van der Waals surface area contributed by atoms with Gasteiger partial charge >= 0.3 is 6.09 Å². The zero-order valence-electron chi connectivity index (χ0n) is 12.0. The maximum absolute atomic E-state index is 12.5. The Balaban J connectivity index is 1.74. The van der Waals surface area contributed by atoms with Crippen molar-refractivity contribution in [1.82, 2.24) is 10.2 Å². The number of thiophene rings is 1. The van der Waals surface area contributed by atoms with Crippen LogP contribution in [0.4, 0.5) is 9.93 Å². The molecule has 5 nitrogen and oxygen atoms in total. The van der Waals surface area contributed by atoms with Crippen LogP contribution >= 0.6 is 34.9 Å². The lowest BCUT2D eigenvalue weighted by Gasteiger charge is -2.18. The van der Waals surface area contributed by atoms with Crippen LogP contribution in [0.3, 0.4) is 0 Å². The van der Waals surface area contributed by atoms with E-state index in [4.69, 9.17) is 17.0 Å². The second-order valence-corrected chi connectivity index (χ2v) is 7.28. The van der Waals surface area contributed by atoms with E-state index in [0.29, 0.717) is 15.6 Å². The SMILES string of the molecule is O=C(OCc1ccccc1)N(Cc1cccs1)c1n[nH]c(=S)s1. The molecular formula is C15H13N3O2S3. The third-order valence-corrected chi connectivity index (χ3v) is 4.95. The highest BCUT2D eigenvalue weighted by atomic mass is 32.1. The van der Waals surface area contributed by atoms with Gasteiger partial charge < -0.3 is 4.74 Å². The number of carbonyl (C=O) groups excluding carboxylic acids is 1. The number of ether oxygens (including phenoxy) is 1. The van der Waals surface area contributed by atoms with Gasteiger partial charge in [-0.1, -0.05) is 47.7 Å². The lowest BCUT2D eigenvalue weighted by molar-refractivity contribution is 0.146. The number of anilines is 1. The number of hydrogen-bond donors (Lipinski definition) is 1. The first-order chi connectivity index (χ1) is 11.2. The lowest BCUT2D eigenvalue weighted by atomic mass is 10.2. The smallest absolute Gasteiger partial charge is 0.416 e. The second kappa shape index (κ2) is 7.49. The molecule has 0 saturated carbocycles. The molecule has 0 radical (unpaired) electrons. The predicted molar refractivity (Wildman–Crippen MR) is 94.4 cm³/mol. The highest BCUT2D eigenvalue weighted by Crippen LogP contribution is 2.23. The Morgan fingerprint density at radius 2 is 2.09 bits per heavy atom. The van der Waals surface area contributed by atoms with Crippen LogP contribution in [0.15, 0.2) is 47.8 Å². The number of carbonyl (C=O) groups is 1. The van der Waals surface area contributed by atoms with Gasteiger partial charge in [-0.15, -0.1) is 16.4 Å². The molecule has 0 bridgehead atoms. The molecule has 0 unspecified atom stereocenters. The third-order valence-electron chi connectivity index (χ3n) is 2.98. The summed E-state index contributed by atoms with van der Waals surface area (Å²) in [5.41, 5.74) is 0.937. The number of nitrogens with one attached hydrogen (secondary N) is 1. The highest BCUT2D eigenvalue weighted by molar-refractivity contribution is 7.73. The van der Waals surface area contributed by atoms with Gasteiger partial charge in [0.25, 0.3) is 0 Å². The predicted octanol–water partition coefficient (Wildman–Crippen LogP) is 4.61. The summed E-state index contributed by atoms with van der Waals surface area (Å²) < 4.78 is 5.93. The maximum atomic E-state index is 12.5. The van der Waals surface area contributed by atoms with E-state index in [9.17, 15) is 4.79 Å². The van der Waals surface area contributed by atoms with Crippen molar-refractivity contribution < 1.29 is 9.53 Å². The Morgan fingerprint density at radius 1 is 1.26 bits per heavy atom. The molecule has 23 heavy (non-hydrogen) atoms. The molecule has 3 rings (SSSR count). The number of aromatic nitrogens is 2. The minimum atomic E-state index is -0.444. The fourth-order valence-electron chi connectivity index (χ4n) is 1.90. The van der Waals surface area contributed by atoms with Crippen LogP contribution in [0.5, 0.6) is 0 Å². The van der Waals surface area contributed by atoms with Crippen LogP contribution in [0, 0.1) is 3.95 Å². The van der Waals surface area contributed by atoms with E-state index in [-0.39, 0.29) is 6.61 Å². The summed E-state index contributed by atoms with van der Waals surface area (Å²) in [5, 5.41) is 9.26. The summed E-state index contributed by atoms with van der Waals surface area (Å²) in [6.45, 7) is 0.623. The van der Waals surface area contributed by atoms with E-state index < -0.39 is 6.09 Å². The molecule has 0 aliphatic rings. The number of aromatic amines is 1. The normalized spacial score (nSPS) is 10.4. The maximum Gasteiger partial charge on any atom is 0.416 e. The van der Waals surface area contributed by atoms with Crippen molar-refractivity contribution >= 4 is 46.1 Å². The second-order valence-electron chi connectivity index (χ2n) is 4.60. The molecular weight excluding hydrogens is 350 g/mol. The molecule has 0 fully saturated rings. The van der Waals surface area contributed by atoms with Crippen molar-refractivity contribution in [3.05, 3.63) is 62.2 Å². The number of amides is 1. The molecule has 0 saturated heterocycles. The minimum absolute atomic E-state index is 0.219. The standard InChI is InChI=1S/C15H13N3O2S3/c19-15(20-10-11-5-2-1-3-6-11)18(9-12-7-4-8-22-12)13-16-17-14(21)23-13/h1-8H,9-10H2,(H,17,21). The molecule has 0 aliphatic carbocycles. The number of nitrogens with zero attached hydrogens (tertiary/aromatic N) is 2. The van der Waals surface area contributed by atoms with Gasteiger partial charge in [0.1, 0.15) is 6.61 Å². The van der Waals surface area contributed by atoms with Crippen LogP contribution in [0.1, 0.15) is 10.4 Å². The van der Waals surface area contributed by atoms with E-state index in [1.165, 1.54) is 16.2 Å². The Hall–Kier alpha value is -2.03. The molecule has 8 heteroatoms. The van der Waals surface area contributed by atoms with Gasteiger partial charge in [0.05, 0.1) is 6.54 Å². The summed E-state index contributed by atoms with van der Waals surface area (Å²) in [5.74, 6) is 0. The average molecular weight is 363 g/mol. The Morgan fingerprint density at radius 3 is 2.74 bits per heavy atom. The van der Waals surface area contributed by atoms with E-state index in [0.717, 1.165) is 10.4 Å². The average Bonchev–Trinajstić information content (AvgIpc) is 3.23. The van der Waals surface area contributed by atoms with Crippen LogP contribution in [-0.2, 0) is 17.9 Å². The number of rotatable bonds is 5. The molecule has 2 aromatic heterocycles. The molecule has 118 valence electrons. The fourth-order valence-corrected chi connectivity index (χ4v) is 3.46. The number of hydrogen-bond acceptors (Lipinski definition) is 6. The first-order valence-electron chi connectivity index (χ1n) is 6.78. The largest absolute Gasteiger partial charge is 0.444 e. The number of benzene rings is 1. The van der Waals surface area contributed by atoms with Crippen molar-refractivity contribution in [2.45, 2.75) is 13.2 Å². The zero-order chi connectivity index (χ0) is 16.1. The topological polar surface area (TPSA) is 58.2 Å². The summed E-state index contributed by atoms with van der Waals surface area (Å²) in [6, 6.07) is 13.5. The van der Waals surface area contributed by atoms with Gasteiger partial charge in [-0.05, 0) is 29.2 Å². The van der Waals surface area contributed by atoms with Crippen molar-refractivity contribution in [1.29, 1.82) is 0 Å². The Bertz CT molecular complexity index is 812. The van der Waals surface area contributed by atoms with Gasteiger partial charge in [0.15, 0.2) is 3.95 Å². The minimum Gasteiger partial charge on any atom is -0.444 e. The van der Waals surface area contributed by atoms with E-state index in [1.54, 1.807) is 11.3 Å². The molecule has 0 aliphatic heterocycles. The molecule has 3 aromatic rings. The first kappa shape index (κ1) is 15.9. The van der Waals surface area contributed by atoms with Gasteiger partial charge in [0.2, 0.25) is 5.13 Å². The molecule has 1 amide bonds. The van der Waals surface area contributed by atoms with Crippen LogP contribution in [0.25, 0.3) is 0 Å². The summed E-state index contributed by atoms with van der Waals surface area (Å²) in [7, 11) is 0. The number of H-pyrrole nitrogens is 1. The van der Waals surface area contributed by atoms with Crippen LogP contribution < -0.4 is 4.90 Å².